The highest BCUT2D eigenvalue weighted by Crippen LogP contribution is 2.23. The van der Waals surface area contributed by atoms with E-state index in [9.17, 15) is 4.79 Å². The maximum Gasteiger partial charge on any atom is 0.277 e. The topological polar surface area (TPSA) is 68.5 Å². The molecule has 0 saturated carbocycles. The largest absolute Gasteiger partial charge is 0.484 e. The van der Waals surface area contributed by atoms with Crippen LogP contribution in [-0.4, -0.2) is 28.5 Å². The van der Waals surface area contributed by atoms with Crippen LogP contribution in [0.3, 0.4) is 0 Å². The zero-order valence-electron chi connectivity index (χ0n) is 15.3. The van der Waals surface area contributed by atoms with E-state index in [1.807, 2.05) is 37.3 Å². The highest BCUT2D eigenvalue weighted by atomic mass is 35.5. The Morgan fingerprint density at radius 2 is 2.00 bits per heavy atom. The van der Waals surface area contributed by atoms with Crippen LogP contribution in [0.25, 0.3) is 5.69 Å². The zero-order chi connectivity index (χ0) is 20.1. The Morgan fingerprint density at radius 3 is 2.75 bits per heavy atom. The standard InChI is InChI=1S/C20H18Cl2N4O2/c1-13-5-3-8-17(9-13)28-12-19(27)24-23-11-18-14(2)25-26(20(18)22)16-7-4-6-15(21)10-16/h3-11H,12H2,1-2H3,(H,24,27)/b23-11+. The number of benzene rings is 2. The molecule has 6 nitrogen and oxygen atoms in total. The van der Waals surface area contributed by atoms with Gasteiger partial charge in [0, 0.05) is 5.02 Å². The van der Waals surface area contributed by atoms with Crippen molar-refractivity contribution in [1.29, 1.82) is 0 Å². The first-order valence-corrected chi connectivity index (χ1v) is 9.22. The van der Waals surface area contributed by atoms with Crippen molar-refractivity contribution in [2.45, 2.75) is 13.8 Å². The van der Waals surface area contributed by atoms with Crippen molar-refractivity contribution in [3.05, 3.63) is 75.5 Å². The van der Waals surface area contributed by atoms with E-state index in [0.717, 1.165) is 11.3 Å². The zero-order valence-corrected chi connectivity index (χ0v) is 16.8. The number of amides is 1. The normalized spacial score (nSPS) is 11.0. The van der Waals surface area contributed by atoms with E-state index in [0.29, 0.717) is 27.2 Å². The molecule has 0 bridgehead atoms. The van der Waals surface area contributed by atoms with Crippen molar-refractivity contribution in [2.75, 3.05) is 6.61 Å². The summed E-state index contributed by atoms with van der Waals surface area (Å²) in [6.07, 6.45) is 1.45. The Bertz CT molecular complexity index is 1030. The molecule has 1 N–H and O–H groups in total. The lowest BCUT2D eigenvalue weighted by atomic mass is 10.2. The van der Waals surface area contributed by atoms with E-state index < -0.39 is 0 Å². The van der Waals surface area contributed by atoms with Crippen molar-refractivity contribution in [3.63, 3.8) is 0 Å². The fraction of sp³-hybridized carbons (Fsp3) is 0.150. The predicted molar refractivity (Wildman–Crippen MR) is 111 cm³/mol. The van der Waals surface area contributed by atoms with E-state index in [4.69, 9.17) is 27.9 Å². The Labute approximate surface area is 172 Å². The molecule has 8 heteroatoms. The van der Waals surface area contributed by atoms with Crippen molar-refractivity contribution in [1.82, 2.24) is 15.2 Å². The lowest BCUT2D eigenvalue weighted by Gasteiger charge is -2.05. The highest BCUT2D eigenvalue weighted by Gasteiger charge is 2.13. The fourth-order valence-corrected chi connectivity index (χ4v) is 3.00. The summed E-state index contributed by atoms with van der Waals surface area (Å²) in [4.78, 5) is 11.9. The summed E-state index contributed by atoms with van der Waals surface area (Å²) < 4.78 is 6.99. The van der Waals surface area contributed by atoms with E-state index in [2.05, 4.69) is 15.6 Å². The van der Waals surface area contributed by atoms with Gasteiger partial charge >= 0.3 is 0 Å². The quantitative estimate of drug-likeness (QED) is 0.480. The SMILES string of the molecule is Cc1cccc(OCC(=O)N/N=C/c2c(C)nn(-c3cccc(Cl)c3)c2Cl)c1. The van der Waals surface area contributed by atoms with Crippen LogP contribution in [-0.2, 0) is 4.79 Å². The van der Waals surface area contributed by atoms with Crippen molar-refractivity contribution >= 4 is 35.3 Å². The number of carbonyl (C=O) groups is 1. The second-order valence-corrected chi connectivity index (χ2v) is 6.87. The summed E-state index contributed by atoms with van der Waals surface area (Å²) in [5.41, 5.74) is 5.47. The van der Waals surface area contributed by atoms with Gasteiger partial charge in [0.1, 0.15) is 10.9 Å². The van der Waals surface area contributed by atoms with Gasteiger partial charge in [-0.05, 0) is 49.7 Å². The maximum atomic E-state index is 11.9. The number of hydrazone groups is 1. The van der Waals surface area contributed by atoms with E-state index in [-0.39, 0.29) is 12.5 Å². The number of aryl methyl sites for hydroxylation is 2. The number of aromatic nitrogens is 2. The molecule has 0 radical (unpaired) electrons. The first-order chi connectivity index (χ1) is 13.4. The number of nitrogens with one attached hydrogen (secondary N) is 1. The molecule has 0 atom stereocenters. The van der Waals surface area contributed by atoms with Gasteiger partial charge in [-0.15, -0.1) is 0 Å². The van der Waals surface area contributed by atoms with Crippen LogP contribution in [0.5, 0.6) is 5.75 Å². The van der Waals surface area contributed by atoms with Gasteiger partial charge in [0.15, 0.2) is 6.61 Å². The van der Waals surface area contributed by atoms with Gasteiger partial charge in [0.05, 0.1) is 23.2 Å². The molecule has 0 unspecified atom stereocenters. The monoisotopic (exact) mass is 416 g/mol. The lowest BCUT2D eigenvalue weighted by Crippen LogP contribution is -2.24. The minimum Gasteiger partial charge on any atom is -0.484 e. The number of halogens is 2. The molecule has 0 aliphatic rings. The number of carbonyl (C=O) groups excluding carboxylic acids is 1. The average Bonchev–Trinajstić information content (AvgIpc) is 2.95. The highest BCUT2D eigenvalue weighted by molar-refractivity contribution is 6.32. The fourth-order valence-electron chi connectivity index (χ4n) is 2.49. The molecule has 3 aromatic rings. The molecule has 1 heterocycles. The van der Waals surface area contributed by atoms with Gasteiger partial charge in [0.2, 0.25) is 0 Å². The third-order valence-electron chi connectivity index (χ3n) is 3.84. The Morgan fingerprint density at radius 1 is 1.21 bits per heavy atom. The second-order valence-electron chi connectivity index (χ2n) is 6.08. The van der Waals surface area contributed by atoms with Gasteiger partial charge in [-0.2, -0.15) is 10.2 Å². The summed E-state index contributed by atoms with van der Waals surface area (Å²) in [5.74, 6) is 0.245. The number of nitrogens with zero attached hydrogens (tertiary/aromatic N) is 3. The molecule has 1 aromatic heterocycles. The molecule has 144 valence electrons. The van der Waals surface area contributed by atoms with Gasteiger partial charge in [-0.1, -0.05) is 41.4 Å². The van der Waals surface area contributed by atoms with Crippen molar-refractivity contribution in [2.24, 2.45) is 5.10 Å². The number of ether oxygens (including phenoxy) is 1. The smallest absolute Gasteiger partial charge is 0.277 e. The van der Waals surface area contributed by atoms with Gasteiger partial charge in [-0.3, -0.25) is 4.79 Å². The summed E-state index contributed by atoms with van der Waals surface area (Å²) in [5, 5.41) is 9.30. The Balaban J connectivity index is 1.63. The van der Waals surface area contributed by atoms with Crippen LogP contribution in [0.2, 0.25) is 10.2 Å². The Hall–Kier alpha value is -2.83. The van der Waals surface area contributed by atoms with Crippen molar-refractivity contribution in [3.8, 4) is 11.4 Å². The first kappa shape index (κ1) is 19.9. The number of hydrogen-bond acceptors (Lipinski definition) is 4. The molecule has 28 heavy (non-hydrogen) atoms. The first-order valence-electron chi connectivity index (χ1n) is 8.46. The minimum atomic E-state index is -0.381. The molecule has 0 saturated heterocycles. The van der Waals surface area contributed by atoms with Crippen molar-refractivity contribution < 1.29 is 9.53 Å². The molecule has 0 aliphatic carbocycles. The predicted octanol–water partition coefficient (Wildman–Crippen LogP) is 4.33. The summed E-state index contributed by atoms with van der Waals surface area (Å²) in [6, 6.07) is 14.6. The van der Waals surface area contributed by atoms with Gasteiger partial charge < -0.3 is 4.74 Å². The van der Waals surface area contributed by atoms with Crippen LogP contribution in [0.4, 0.5) is 0 Å². The molecule has 0 fully saturated rings. The van der Waals surface area contributed by atoms with E-state index in [1.54, 1.807) is 29.8 Å². The molecule has 0 aliphatic heterocycles. The van der Waals surface area contributed by atoms with Crippen LogP contribution in [0, 0.1) is 13.8 Å². The van der Waals surface area contributed by atoms with E-state index >= 15 is 0 Å². The Kier molecular flexibility index (Phi) is 6.34. The van der Waals surface area contributed by atoms with Crippen LogP contribution in [0.15, 0.2) is 53.6 Å². The van der Waals surface area contributed by atoms with Crippen LogP contribution >= 0.6 is 23.2 Å². The van der Waals surface area contributed by atoms with Crippen LogP contribution in [0.1, 0.15) is 16.8 Å². The third kappa shape index (κ3) is 4.91. The lowest BCUT2D eigenvalue weighted by molar-refractivity contribution is -0.123. The molecular weight excluding hydrogens is 399 g/mol. The molecule has 0 spiro atoms. The molecular formula is C20H18Cl2N4O2. The third-order valence-corrected chi connectivity index (χ3v) is 4.44. The summed E-state index contributed by atoms with van der Waals surface area (Å²) in [6.45, 7) is 3.61. The molecule has 1 amide bonds. The number of rotatable bonds is 6. The average molecular weight is 417 g/mol. The van der Waals surface area contributed by atoms with Gasteiger partial charge in [-0.25, -0.2) is 10.1 Å². The maximum absolute atomic E-state index is 11.9. The van der Waals surface area contributed by atoms with Gasteiger partial charge in [0.25, 0.3) is 5.91 Å². The summed E-state index contributed by atoms with van der Waals surface area (Å²) in [7, 11) is 0. The summed E-state index contributed by atoms with van der Waals surface area (Å²) >= 11 is 12.4. The molecule has 3 rings (SSSR count). The van der Waals surface area contributed by atoms with E-state index in [1.165, 1.54) is 6.21 Å². The minimum absolute atomic E-state index is 0.144. The van der Waals surface area contributed by atoms with Crippen LogP contribution < -0.4 is 10.2 Å². The molecule has 2 aromatic carbocycles. The number of hydrogen-bond donors (Lipinski definition) is 1. The second kappa shape index (κ2) is 8.91.